The van der Waals surface area contributed by atoms with Gasteiger partial charge in [-0.15, -0.1) is 5.10 Å². The monoisotopic (exact) mass is 317 g/mol. The van der Waals surface area contributed by atoms with E-state index >= 15 is 0 Å². The highest BCUT2D eigenvalue weighted by Gasteiger charge is 2.15. The fraction of sp³-hybridized carbons (Fsp3) is 0.133. The van der Waals surface area contributed by atoms with Gasteiger partial charge >= 0.3 is 0 Å². The summed E-state index contributed by atoms with van der Waals surface area (Å²) in [5.41, 5.74) is 2.16. The molecular weight excluding hydrogens is 302 g/mol. The van der Waals surface area contributed by atoms with E-state index in [9.17, 15) is 8.42 Å². The van der Waals surface area contributed by atoms with E-state index in [1.54, 1.807) is 42.5 Å². The number of nitrogens with zero attached hydrogens (tertiary/aromatic N) is 1. The Balaban J connectivity index is 1.93. The van der Waals surface area contributed by atoms with Gasteiger partial charge in [0.2, 0.25) is 5.88 Å². The average molecular weight is 317 g/mol. The number of anilines is 1. The highest BCUT2D eigenvalue weighted by Crippen LogP contribution is 2.26. The zero-order valence-electron chi connectivity index (χ0n) is 12.1. The molecule has 1 heterocycles. The Morgan fingerprint density at radius 3 is 2.55 bits per heavy atom. The largest absolute Gasteiger partial charge is 0.480 e. The Morgan fingerprint density at radius 1 is 1.14 bits per heavy atom. The van der Waals surface area contributed by atoms with Crippen LogP contribution in [0.25, 0.3) is 10.9 Å². The Kier molecular flexibility index (Phi) is 3.50. The van der Waals surface area contributed by atoms with Crippen LogP contribution in [-0.4, -0.2) is 25.7 Å². The minimum Gasteiger partial charge on any atom is -0.480 e. The maximum absolute atomic E-state index is 12.3. The summed E-state index contributed by atoms with van der Waals surface area (Å²) in [5, 5.41) is 7.59. The number of nitrogens with one attached hydrogen (secondary N) is 2. The van der Waals surface area contributed by atoms with Crippen LogP contribution in [0.5, 0.6) is 5.88 Å². The Bertz CT molecular complexity index is 915. The number of ether oxygens (including phenoxy) is 1. The third kappa shape index (κ3) is 2.62. The van der Waals surface area contributed by atoms with Gasteiger partial charge in [0.15, 0.2) is 0 Å². The van der Waals surface area contributed by atoms with Gasteiger partial charge in [0.25, 0.3) is 10.0 Å². The number of benzene rings is 2. The van der Waals surface area contributed by atoms with Crippen molar-refractivity contribution in [2.24, 2.45) is 0 Å². The molecule has 0 saturated heterocycles. The molecule has 3 rings (SSSR count). The molecular formula is C15H15N3O3S. The molecule has 22 heavy (non-hydrogen) atoms. The Morgan fingerprint density at radius 2 is 1.86 bits per heavy atom. The topological polar surface area (TPSA) is 84.1 Å². The molecule has 6 nitrogen and oxygen atoms in total. The molecule has 0 fully saturated rings. The van der Waals surface area contributed by atoms with Gasteiger partial charge in [0.1, 0.15) is 0 Å². The molecule has 0 bridgehead atoms. The number of hydrogen-bond donors (Lipinski definition) is 2. The lowest BCUT2D eigenvalue weighted by atomic mass is 10.2. The number of hydrogen-bond acceptors (Lipinski definition) is 4. The molecule has 0 aliphatic rings. The van der Waals surface area contributed by atoms with Gasteiger partial charge in [-0.2, -0.15) is 0 Å². The quantitative estimate of drug-likeness (QED) is 0.775. The van der Waals surface area contributed by atoms with Crippen molar-refractivity contribution in [2.45, 2.75) is 11.8 Å². The maximum atomic E-state index is 12.3. The minimum atomic E-state index is -3.61. The number of aromatic nitrogens is 2. The summed E-state index contributed by atoms with van der Waals surface area (Å²) >= 11 is 0. The number of aryl methyl sites for hydroxylation is 1. The van der Waals surface area contributed by atoms with Crippen LogP contribution in [-0.2, 0) is 10.0 Å². The van der Waals surface area contributed by atoms with E-state index < -0.39 is 10.0 Å². The second-order valence-electron chi connectivity index (χ2n) is 4.91. The molecule has 0 saturated carbocycles. The van der Waals surface area contributed by atoms with E-state index in [4.69, 9.17) is 4.74 Å². The predicted octanol–water partition coefficient (Wildman–Crippen LogP) is 2.68. The van der Waals surface area contributed by atoms with Gasteiger partial charge in [-0.1, -0.05) is 17.7 Å². The van der Waals surface area contributed by atoms with Crippen molar-refractivity contribution in [3.63, 3.8) is 0 Å². The molecule has 2 aromatic carbocycles. The number of H-pyrrole nitrogens is 1. The lowest BCUT2D eigenvalue weighted by Gasteiger charge is -2.08. The van der Waals surface area contributed by atoms with E-state index in [0.29, 0.717) is 17.1 Å². The summed E-state index contributed by atoms with van der Waals surface area (Å²) in [5.74, 6) is 0.475. The van der Waals surface area contributed by atoms with Crippen LogP contribution in [0.15, 0.2) is 47.4 Å². The highest BCUT2D eigenvalue weighted by atomic mass is 32.2. The third-order valence-electron chi connectivity index (χ3n) is 3.30. The highest BCUT2D eigenvalue weighted by molar-refractivity contribution is 7.92. The summed E-state index contributed by atoms with van der Waals surface area (Å²) in [4.78, 5) is 0.223. The zero-order valence-corrected chi connectivity index (χ0v) is 12.9. The summed E-state index contributed by atoms with van der Waals surface area (Å²) in [7, 11) is -2.08. The SMILES string of the molecule is COc1n[nH]c2cc(NS(=O)(=O)c3ccc(C)cc3)ccc12. The van der Waals surface area contributed by atoms with Crippen LogP contribution in [0.4, 0.5) is 5.69 Å². The van der Waals surface area contributed by atoms with Crippen molar-refractivity contribution in [3.8, 4) is 5.88 Å². The van der Waals surface area contributed by atoms with E-state index in [-0.39, 0.29) is 4.90 Å². The molecule has 0 spiro atoms. The van der Waals surface area contributed by atoms with Crippen molar-refractivity contribution in [1.29, 1.82) is 0 Å². The van der Waals surface area contributed by atoms with Crippen molar-refractivity contribution in [3.05, 3.63) is 48.0 Å². The van der Waals surface area contributed by atoms with Gasteiger partial charge in [-0.3, -0.25) is 9.82 Å². The second kappa shape index (κ2) is 5.34. The van der Waals surface area contributed by atoms with E-state index in [2.05, 4.69) is 14.9 Å². The first kappa shape index (κ1) is 14.4. The van der Waals surface area contributed by atoms with Gasteiger partial charge < -0.3 is 4.74 Å². The Hall–Kier alpha value is -2.54. The van der Waals surface area contributed by atoms with Crippen molar-refractivity contribution >= 4 is 26.6 Å². The van der Waals surface area contributed by atoms with Gasteiger partial charge in [-0.05, 0) is 37.3 Å². The van der Waals surface area contributed by atoms with Crippen LogP contribution >= 0.6 is 0 Å². The molecule has 0 radical (unpaired) electrons. The number of fused-ring (bicyclic) bond motifs is 1. The first-order chi connectivity index (χ1) is 10.5. The predicted molar refractivity (Wildman–Crippen MR) is 84.6 cm³/mol. The van der Waals surface area contributed by atoms with Gasteiger partial charge in [-0.25, -0.2) is 8.42 Å². The standard InChI is InChI=1S/C15H15N3O3S/c1-10-3-6-12(7-4-10)22(19,20)18-11-5-8-13-14(9-11)16-17-15(13)21-2/h3-9,18H,1-2H3,(H,16,17). The maximum Gasteiger partial charge on any atom is 0.261 e. The molecule has 114 valence electrons. The normalized spacial score (nSPS) is 11.5. The fourth-order valence-corrected chi connectivity index (χ4v) is 3.19. The average Bonchev–Trinajstić information content (AvgIpc) is 2.89. The zero-order chi connectivity index (χ0) is 15.7. The summed E-state index contributed by atoms with van der Waals surface area (Å²) in [6.45, 7) is 1.91. The van der Waals surface area contributed by atoms with Crippen LogP contribution in [0.1, 0.15) is 5.56 Å². The van der Waals surface area contributed by atoms with E-state index in [1.807, 2.05) is 6.92 Å². The van der Waals surface area contributed by atoms with E-state index in [0.717, 1.165) is 10.9 Å². The second-order valence-corrected chi connectivity index (χ2v) is 6.59. The molecule has 0 atom stereocenters. The van der Waals surface area contributed by atoms with E-state index in [1.165, 1.54) is 7.11 Å². The van der Waals surface area contributed by atoms with Crippen LogP contribution in [0.3, 0.4) is 0 Å². The lowest BCUT2D eigenvalue weighted by molar-refractivity contribution is 0.401. The smallest absolute Gasteiger partial charge is 0.261 e. The molecule has 1 aromatic heterocycles. The molecule has 3 aromatic rings. The Labute approximate surface area is 128 Å². The molecule has 0 aliphatic heterocycles. The van der Waals surface area contributed by atoms with Gasteiger partial charge in [0, 0.05) is 0 Å². The minimum absolute atomic E-state index is 0.223. The molecule has 2 N–H and O–H groups in total. The molecule has 0 unspecified atom stereocenters. The lowest BCUT2D eigenvalue weighted by Crippen LogP contribution is -2.12. The number of methoxy groups -OCH3 is 1. The van der Waals surface area contributed by atoms with Crippen LogP contribution in [0.2, 0.25) is 0 Å². The molecule has 7 heteroatoms. The fourth-order valence-electron chi connectivity index (χ4n) is 2.15. The van der Waals surface area contributed by atoms with Crippen molar-refractivity contribution in [2.75, 3.05) is 11.8 Å². The van der Waals surface area contributed by atoms with Crippen LogP contribution < -0.4 is 9.46 Å². The van der Waals surface area contributed by atoms with Gasteiger partial charge in [0.05, 0.1) is 28.6 Å². The van der Waals surface area contributed by atoms with Crippen LogP contribution in [0, 0.1) is 6.92 Å². The summed E-state index contributed by atoms with van der Waals surface area (Å²) < 4.78 is 32.4. The number of aromatic amines is 1. The first-order valence-corrected chi connectivity index (χ1v) is 8.09. The van der Waals surface area contributed by atoms with Crippen molar-refractivity contribution < 1.29 is 13.2 Å². The van der Waals surface area contributed by atoms with Crippen molar-refractivity contribution in [1.82, 2.24) is 10.2 Å². The molecule has 0 amide bonds. The number of sulfonamides is 1. The third-order valence-corrected chi connectivity index (χ3v) is 4.70. The summed E-state index contributed by atoms with van der Waals surface area (Å²) in [6, 6.07) is 11.8. The molecule has 0 aliphatic carbocycles. The first-order valence-electron chi connectivity index (χ1n) is 6.61. The summed E-state index contributed by atoms with van der Waals surface area (Å²) in [6.07, 6.45) is 0. The number of rotatable bonds is 4.